The average Bonchev–Trinajstić information content (AvgIpc) is 3.06. The number of rotatable bonds is 7. The SMILES string of the molecule is NC(=O)CC1(COc2cccc(Cl)c2)CN(Cc2ccc[nH]2)CCO1. The van der Waals surface area contributed by atoms with Crippen LogP contribution >= 0.6 is 11.6 Å². The van der Waals surface area contributed by atoms with Crippen molar-refractivity contribution in [2.45, 2.75) is 18.6 Å². The second-order valence-electron chi connectivity index (χ2n) is 6.33. The summed E-state index contributed by atoms with van der Waals surface area (Å²) >= 11 is 5.99. The number of hydrogen-bond donors (Lipinski definition) is 2. The van der Waals surface area contributed by atoms with Crippen molar-refractivity contribution in [1.29, 1.82) is 0 Å². The molecule has 2 heterocycles. The summed E-state index contributed by atoms with van der Waals surface area (Å²) in [7, 11) is 0. The molecule has 1 aliphatic rings. The Morgan fingerprint density at radius 3 is 3.00 bits per heavy atom. The molecule has 3 rings (SSSR count). The summed E-state index contributed by atoms with van der Waals surface area (Å²) in [6.07, 6.45) is 2.00. The molecule has 0 radical (unpaired) electrons. The summed E-state index contributed by atoms with van der Waals surface area (Å²) in [6.45, 7) is 2.87. The highest BCUT2D eigenvalue weighted by molar-refractivity contribution is 6.30. The zero-order chi connectivity index (χ0) is 17.7. The lowest BCUT2D eigenvalue weighted by Gasteiger charge is -2.41. The first kappa shape index (κ1) is 17.8. The number of nitrogens with zero attached hydrogens (tertiary/aromatic N) is 1. The second kappa shape index (κ2) is 7.91. The van der Waals surface area contributed by atoms with Crippen molar-refractivity contribution in [1.82, 2.24) is 9.88 Å². The van der Waals surface area contributed by atoms with Crippen molar-refractivity contribution >= 4 is 17.5 Å². The first-order chi connectivity index (χ1) is 12.0. The molecule has 0 bridgehead atoms. The van der Waals surface area contributed by atoms with Crippen LogP contribution in [0.2, 0.25) is 5.02 Å². The molecule has 25 heavy (non-hydrogen) atoms. The van der Waals surface area contributed by atoms with Gasteiger partial charge in [0.05, 0.1) is 13.0 Å². The van der Waals surface area contributed by atoms with Crippen molar-refractivity contribution in [2.75, 3.05) is 26.3 Å². The van der Waals surface area contributed by atoms with Crippen LogP contribution in [0.25, 0.3) is 0 Å². The Bertz CT molecular complexity index is 707. The van der Waals surface area contributed by atoms with Gasteiger partial charge in [-0.25, -0.2) is 0 Å². The maximum Gasteiger partial charge on any atom is 0.220 e. The number of aromatic nitrogens is 1. The fourth-order valence-corrected chi connectivity index (χ4v) is 3.28. The van der Waals surface area contributed by atoms with Gasteiger partial charge < -0.3 is 20.2 Å². The van der Waals surface area contributed by atoms with E-state index in [1.165, 1.54) is 0 Å². The molecule has 7 heteroatoms. The fraction of sp³-hybridized carbons (Fsp3) is 0.389. The fourth-order valence-electron chi connectivity index (χ4n) is 3.10. The molecule has 1 aliphatic heterocycles. The third-order valence-electron chi connectivity index (χ3n) is 4.18. The van der Waals surface area contributed by atoms with E-state index in [1.807, 2.05) is 30.5 Å². The average molecular weight is 364 g/mol. The monoisotopic (exact) mass is 363 g/mol. The molecule has 6 nitrogen and oxygen atoms in total. The largest absolute Gasteiger partial charge is 0.490 e. The standard InChI is InChI=1S/C18H22ClN3O3/c19-14-3-1-5-16(9-14)24-13-18(10-17(20)23)12-22(7-8-25-18)11-15-4-2-6-21-15/h1-6,9,21H,7-8,10-13H2,(H2,20,23). The molecule has 1 aromatic carbocycles. The van der Waals surface area contributed by atoms with E-state index in [0.717, 1.165) is 18.8 Å². The van der Waals surface area contributed by atoms with E-state index in [2.05, 4.69) is 9.88 Å². The summed E-state index contributed by atoms with van der Waals surface area (Å²) in [5.41, 5.74) is 5.81. The Kier molecular flexibility index (Phi) is 5.63. The van der Waals surface area contributed by atoms with Crippen LogP contribution in [-0.4, -0.2) is 47.7 Å². The highest BCUT2D eigenvalue weighted by Gasteiger charge is 2.39. The number of carbonyl (C=O) groups excluding carboxylic acids is 1. The molecule has 134 valence electrons. The number of nitrogens with two attached hydrogens (primary N) is 1. The number of halogens is 1. The third-order valence-corrected chi connectivity index (χ3v) is 4.41. The molecule has 1 unspecified atom stereocenters. The van der Waals surface area contributed by atoms with Crippen molar-refractivity contribution in [3.63, 3.8) is 0 Å². The van der Waals surface area contributed by atoms with Crippen LogP contribution in [0.3, 0.4) is 0 Å². The van der Waals surface area contributed by atoms with Crippen molar-refractivity contribution in [3.05, 3.63) is 53.3 Å². The maximum atomic E-state index is 11.6. The summed E-state index contributed by atoms with van der Waals surface area (Å²) < 4.78 is 11.8. The van der Waals surface area contributed by atoms with E-state index in [4.69, 9.17) is 26.8 Å². The smallest absolute Gasteiger partial charge is 0.220 e. The number of ether oxygens (including phenoxy) is 2. The molecule has 1 atom stereocenters. The molecular weight excluding hydrogens is 342 g/mol. The second-order valence-corrected chi connectivity index (χ2v) is 6.76. The van der Waals surface area contributed by atoms with Crippen LogP contribution in [0, 0.1) is 0 Å². The summed E-state index contributed by atoms with van der Waals surface area (Å²) in [4.78, 5) is 17.0. The summed E-state index contributed by atoms with van der Waals surface area (Å²) in [6, 6.07) is 11.2. The molecule has 1 amide bonds. The van der Waals surface area contributed by atoms with E-state index < -0.39 is 11.5 Å². The Balaban J connectivity index is 1.69. The third kappa shape index (κ3) is 4.98. The van der Waals surface area contributed by atoms with Crippen molar-refractivity contribution in [2.24, 2.45) is 5.73 Å². The van der Waals surface area contributed by atoms with Gasteiger partial charge in [-0.2, -0.15) is 0 Å². The van der Waals surface area contributed by atoms with Gasteiger partial charge in [-0.3, -0.25) is 9.69 Å². The maximum absolute atomic E-state index is 11.6. The molecule has 2 aromatic rings. The Morgan fingerprint density at radius 2 is 2.28 bits per heavy atom. The van der Waals surface area contributed by atoms with E-state index in [1.54, 1.807) is 12.1 Å². The van der Waals surface area contributed by atoms with Crippen LogP contribution < -0.4 is 10.5 Å². The van der Waals surface area contributed by atoms with Crippen molar-refractivity contribution in [3.8, 4) is 5.75 Å². The van der Waals surface area contributed by atoms with E-state index in [9.17, 15) is 4.79 Å². The number of hydrogen-bond acceptors (Lipinski definition) is 4. The zero-order valence-electron chi connectivity index (χ0n) is 13.9. The number of benzene rings is 1. The minimum Gasteiger partial charge on any atom is -0.490 e. The first-order valence-corrected chi connectivity index (χ1v) is 8.58. The quantitative estimate of drug-likeness (QED) is 0.790. The number of morpholine rings is 1. The zero-order valence-corrected chi connectivity index (χ0v) is 14.7. The minimum atomic E-state index is -0.765. The predicted octanol–water partition coefficient (Wildman–Crippen LogP) is 2.19. The van der Waals surface area contributed by atoms with Crippen LogP contribution in [-0.2, 0) is 16.1 Å². The van der Waals surface area contributed by atoms with E-state index >= 15 is 0 Å². The van der Waals surface area contributed by atoms with Crippen molar-refractivity contribution < 1.29 is 14.3 Å². The van der Waals surface area contributed by atoms with Gasteiger partial charge in [0.2, 0.25) is 5.91 Å². The molecule has 0 spiro atoms. The van der Waals surface area contributed by atoms with Crippen LogP contribution in [0.5, 0.6) is 5.75 Å². The molecule has 1 saturated heterocycles. The van der Waals surface area contributed by atoms with E-state index in [0.29, 0.717) is 23.9 Å². The van der Waals surface area contributed by atoms with Crippen LogP contribution in [0.1, 0.15) is 12.1 Å². The van der Waals surface area contributed by atoms with Gasteiger partial charge in [0.15, 0.2) is 0 Å². The van der Waals surface area contributed by atoms with Gasteiger partial charge in [0.25, 0.3) is 0 Å². The highest BCUT2D eigenvalue weighted by atomic mass is 35.5. The summed E-state index contributed by atoms with van der Waals surface area (Å²) in [5.74, 6) is 0.234. The van der Waals surface area contributed by atoms with Gasteiger partial charge in [0, 0.05) is 36.5 Å². The predicted molar refractivity (Wildman–Crippen MR) is 95.5 cm³/mol. The number of amides is 1. The molecule has 0 aliphatic carbocycles. The number of primary amides is 1. The van der Waals surface area contributed by atoms with Gasteiger partial charge in [0.1, 0.15) is 18.0 Å². The van der Waals surface area contributed by atoms with Crippen LogP contribution in [0.15, 0.2) is 42.6 Å². The molecular formula is C18H22ClN3O3. The number of H-pyrrole nitrogens is 1. The van der Waals surface area contributed by atoms with Crippen LogP contribution in [0.4, 0.5) is 0 Å². The molecule has 1 aromatic heterocycles. The van der Waals surface area contributed by atoms with Gasteiger partial charge >= 0.3 is 0 Å². The molecule has 0 saturated carbocycles. The Morgan fingerprint density at radius 1 is 1.40 bits per heavy atom. The lowest BCUT2D eigenvalue weighted by molar-refractivity contribution is -0.148. The molecule has 3 N–H and O–H groups in total. The number of nitrogens with one attached hydrogen (secondary N) is 1. The van der Waals surface area contributed by atoms with Gasteiger partial charge in [-0.05, 0) is 30.3 Å². The van der Waals surface area contributed by atoms with Gasteiger partial charge in [-0.15, -0.1) is 0 Å². The van der Waals surface area contributed by atoms with Gasteiger partial charge in [-0.1, -0.05) is 17.7 Å². The topological polar surface area (TPSA) is 80.6 Å². The lowest BCUT2D eigenvalue weighted by atomic mass is 9.97. The molecule has 1 fully saturated rings. The van der Waals surface area contributed by atoms with E-state index in [-0.39, 0.29) is 13.0 Å². The Hall–Kier alpha value is -2.02. The first-order valence-electron chi connectivity index (χ1n) is 8.20. The lowest BCUT2D eigenvalue weighted by Crippen LogP contribution is -2.56. The number of carbonyl (C=O) groups is 1. The normalized spacial score (nSPS) is 21.2. The highest BCUT2D eigenvalue weighted by Crippen LogP contribution is 2.26. The summed E-state index contributed by atoms with van der Waals surface area (Å²) in [5, 5.41) is 0.597. The number of aromatic amines is 1. The minimum absolute atomic E-state index is 0.106. The Labute approximate surface area is 151 Å².